The Morgan fingerprint density at radius 3 is 2.50 bits per heavy atom. The smallest absolute Gasteiger partial charge is 0.376 e. The summed E-state index contributed by atoms with van der Waals surface area (Å²) in [5.74, 6) is 0.536. The number of nitrogens with zero attached hydrogens (tertiary/aromatic N) is 1. The van der Waals surface area contributed by atoms with E-state index < -0.39 is 5.97 Å². The summed E-state index contributed by atoms with van der Waals surface area (Å²) in [4.78, 5) is 16.2. The molecule has 1 aromatic rings. The van der Waals surface area contributed by atoms with Crippen LogP contribution in [0.3, 0.4) is 0 Å². The highest BCUT2D eigenvalue weighted by Gasteiger charge is 2.23. The van der Waals surface area contributed by atoms with Crippen molar-refractivity contribution >= 4 is 5.97 Å². The van der Waals surface area contributed by atoms with E-state index in [0.717, 1.165) is 0 Å². The van der Waals surface area contributed by atoms with Gasteiger partial charge in [-0.05, 0) is 40.0 Å². The number of esters is 1. The van der Waals surface area contributed by atoms with E-state index in [2.05, 4.69) is 18.8 Å². The first-order valence-electron chi connectivity index (χ1n) is 7.02. The van der Waals surface area contributed by atoms with Gasteiger partial charge in [-0.15, -0.1) is 0 Å². The number of hydrogen-bond donors (Lipinski definition) is 0. The standard InChI is InChI=1S/C15H25NO4/c1-7-18-14(17)13-11(8-10(2)3)16-12(20-13)9-19-15(4,5)6/h10H,7-9H2,1-6H3. The molecule has 0 bridgehead atoms. The van der Waals surface area contributed by atoms with Crippen LogP contribution in [0.15, 0.2) is 4.42 Å². The molecule has 1 aromatic heterocycles. The van der Waals surface area contributed by atoms with Crippen molar-refractivity contribution in [1.82, 2.24) is 4.98 Å². The van der Waals surface area contributed by atoms with Crippen LogP contribution in [-0.4, -0.2) is 23.2 Å². The molecule has 0 unspecified atom stereocenters. The minimum atomic E-state index is -0.461. The maximum atomic E-state index is 11.9. The van der Waals surface area contributed by atoms with Gasteiger partial charge in [-0.1, -0.05) is 13.8 Å². The Morgan fingerprint density at radius 1 is 1.35 bits per heavy atom. The Kier molecular flexibility index (Phi) is 5.74. The fraction of sp³-hybridized carbons (Fsp3) is 0.733. The lowest BCUT2D eigenvalue weighted by Crippen LogP contribution is -2.18. The van der Waals surface area contributed by atoms with Gasteiger partial charge >= 0.3 is 5.97 Å². The van der Waals surface area contributed by atoms with E-state index in [1.54, 1.807) is 6.92 Å². The summed E-state index contributed by atoms with van der Waals surface area (Å²) in [6.07, 6.45) is 0.674. The summed E-state index contributed by atoms with van der Waals surface area (Å²) < 4.78 is 16.1. The molecule has 20 heavy (non-hydrogen) atoms. The number of ether oxygens (including phenoxy) is 2. The van der Waals surface area contributed by atoms with Crippen molar-refractivity contribution in [2.75, 3.05) is 6.61 Å². The second kappa shape index (κ2) is 6.88. The predicted molar refractivity (Wildman–Crippen MR) is 75.5 cm³/mol. The SMILES string of the molecule is CCOC(=O)c1oc(COC(C)(C)C)nc1CC(C)C. The molecule has 0 fully saturated rings. The second-order valence-electron chi connectivity index (χ2n) is 6.10. The van der Waals surface area contributed by atoms with Gasteiger partial charge in [0.15, 0.2) is 0 Å². The van der Waals surface area contributed by atoms with Crippen molar-refractivity contribution < 1.29 is 18.7 Å². The van der Waals surface area contributed by atoms with Gasteiger partial charge in [0.2, 0.25) is 11.7 Å². The van der Waals surface area contributed by atoms with Crippen LogP contribution in [0.25, 0.3) is 0 Å². The van der Waals surface area contributed by atoms with Gasteiger partial charge in [-0.25, -0.2) is 9.78 Å². The zero-order valence-corrected chi connectivity index (χ0v) is 13.3. The van der Waals surface area contributed by atoms with E-state index in [1.807, 2.05) is 20.8 Å². The van der Waals surface area contributed by atoms with Crippen molar-refractivity contribution in [2.45, 2.75) is 60.2 Å². The molecule has 0 spiro atoms. The fourth-order valence-corrected chi connectivity index (χ4v) is 1.62. The van der Waals surface area contributed by atoms with Gasteiger partial charge in [-0.2, -0.15) is 0 Å². The molecular formula is C15H25NO4. The van der Waals surface area contributed by atoms with E-state index in [4.69, 9.17) is 13.9 Å². The molecule has 5 nitrogen and oxygen atoms in total. The van der Waals surface area contributed by atoms with Crippen LogP contribution in [0.2, 0.25) is 0 Å². The van der Waals surface area contributed by atoms with Crippen molar-refractivity contribution in [3.8, 4) is 0 Å². The molecule has 0 amide bonds. The van der Waals surface area contributed by atoms with E-state index >= 15 is 0 Å². The molecule has 114 valence electrons. The normalized spacial score (nSPS) is 11.9. The Morgan fingerprint density at radius 2 is 2.00 bits per heavy atom. The lowest BCUT2D eigenvalue weighted by molar-refractivity contribution is -0.0247. The lowest BCUT2D eigenvalue weighted by atomic mass is 10.1. The summed E-state index contributed by atoms with van der Waals surface area (Å²) >= 11 is 0. The van der Waals surface area contributed by atoms with Crippen LogP contribution in [0.1, 0.15) is 63.7 Å². The Bertz CT molecular complexity index is 443. The van der Waals surface area contributed by atoms with E-state index in [0.29, 0.717) is 30.5 Å². The van der Waals surface area contributed by atoms with Crippen LogP contribution in [0.4, 0.5) is 0 Å². The summed E-state index contributed by atoms with van der Waals surface area (Å²) in [5.41, 5.74) is 0.363. The highest BCUT2D eigenvalue weighted by molar-refractivity contribution is 5.87. The molecule has 0 saturated heterocycles. The van der Waals surface area contributed by atoms with Gasteiger partial charge in [0.25, 0.3) is 0 Å². The first-order valence-corrected chi connectivity index (χ1v) is 7.02. The molecule has 0 aliphatic heterocycles. The fourth-order valence-electron chi connectivity index (χ4n) is 1.62. The minimum Gasteiger partial charge on any atom is -0.460 e. The molecule has 0 atom stereocenters. The van der Waals surface area contributed by atoms with E-state index in [9.17, 15) is 4.79 Å². The van der Waals surface area contributed by atoms with Gasteiger partial charge in [0.05, 0.1) is 17.9 Å². The average Bonchev–Trinajstić information content (AvgIpc) is 2.68. The largest absolute Gasteiger partial charge is 0.460 e. The van der Waals surface area contributed by atoms with Gasteiger partial charge < -0.3 is 13.9 Å². The average molecular weight is 283 g/mol. The molecule has 1 heterocycles. The van der Waals surface area contributed by atoms with Crippen LogP contribution in [0.5, 0.6) is 0 Å². The van der Waals surface area contributed by atoms with Crippen LogP contribution >= 0.6 is 0 Å². The predicted octanol–water partition coefficient (Wildman–Crippen LogP) is 3.36. The summed E-state index contributed by atoms with van der Waals surface area (Å²) in [6, 6.07) is 0. The second-order valence-corrected chi connectivity index (χ2v) is 6.10. The monoisotopic (exact) mass is 283 g/mol. The molecule has 0 aliphatic rings. The summed E-state index contributed by atoms with van der Waals surface area (Å²) in [7, 11) is 0. The van der Waals surface area contributed by atoms with Crippen molar-refractivity contribution in [3.05, 3.63) is 17.3 Å². The van der Waals surface area contributed by atoms with Gasteiger partial charge in [-0.3, -0.25) is 0 Å². The molecule has 0 aliphatic carbocycles. The first kappa shape index (κ1) is 16.7. The van der Waals surface area contributed by atoms with Crippen molar-refractivity contribution in [3.63, 3.8) is 0 Å². The highest BCUT2D eigenvalue weighted by atomic mass is 16.5. The van der Waals surface area contributed by atoms with E-state index in [-0.39, 0.29) is 18.0 Å². The van der Waals surface area contributed by atoms with Crippen LogP contribution in [0, 0.1) is 5.92 Å². The minimum absolute atomic E-state index is 0.202. The Hall–Kier alpha value is -1.36. The maximum absolute atomic E-state index is 11.9. The van der Waals surface area contributed by atoms with Crippen molar-refractivity contribution in [2.24, 2.45) is 5.92 Å². The summed E-state index contributed by atoms with van der Waals surface area (Å²) in [6.45, 7) is 12.3. The third-order valence-electron chi connectivity index (χ3n) is 2.43. The number of carbonyl (C=O) groups excluding carboxylic acids is 1. The molecule has 1 rings (SSSR count). The Balaban J connectivity index is 2.90. The Labute approximate surface area is 120 Å². The molecule has 0 saturated carbocycles. The zero-order valence-electron chi connectivity index (χ0n) is 13.3. The third kappa shape index (κ3) is 5.33. The van der Waals surface area contributed by atoms with E-state index in [1.165, 1.54) is 0 Å². The number of carbonyl (C=O) groups is 1. The number of rotatable bonds is 6. The molecule has 0 aromatic carbocycles. The van der Waals surface area contributed by atoms with Crippen LogP contribution < -0.4 is 0 Å². The van der Waals surface area contributed by atoms with Crippen molar-refractivity contribution in [1.29, 1.82) is 0 Å². The number of aromatic nitrogens is 1. The first-order chi connectivity index (χ1) is 9.23. The quantitative estimate of drug-likeness (QED) is 0.749. The summed E-state index contributed by atoms with van der Waals surface area (Å²) in [5, 5.41) is 0. The third-order valence-corrected chi connectivity index (χ3v) is 2.43. The highest BCUT2D eigenvalue weighted by Crippen LogP contribution is 2.19. The van der Waals surface area contributed by atoms with Gasteiger partial charge in [0, 0.05) is 0 Å². The zero-order chi connectivity index (χ0) is 15.3. The van der Waals surface area contributed by atoms with Gasteiger partial charge in [0.1, 0.15) is 6.61 Å². The van der Waals surface area contributed by atoms with Crippen LogP contribution in [-0.2, 0) is 22.5 Å². The topological polar surface area (TPSA) is 61.6 Å². The number of oxazole rings is 1. The molecule has 0 radical (unpaired) electrons. The number of hydrogen-bond acceptors (Lipinski definition) is 5. The lowest BCUT2D eigenvalue weighted by Gasteiger charge is -2.17. The molecular weight excluding hydrogens is 258 g/mol. The maximum Gasteiger partial charge on any atom is 0.376 e. The molecule has 0 N–H and O–H groups in total. The molecule has 5 heteroatoms.